The summed E-state index contributed by atoms with van der Waals surface area (Å²) in [5, 5.41) is 9.43. The molecule has 3 heteroatoms. The number of hydrogen-bond donors (Lipinski definition) is 1. The maximum absolute atomic E-state index is 12.8. The third-order valence-electron chi connectivity index (χ3n) is 6.88. The Kier molecular flexibility index (Phi) is 5.82. The molecule has 148 valence electrons. The summed E-state index contributed by atoms with van der Waals surface area (Å²) < 4.78 is 0. The first-order valence-corrected chi connectivity index (χ1v) is 10.7. The Hall–Kier alpha value is -2.13. The molecular weight excluding hydrogens is 346 g/mol. The van der Waals surface area contributed by atoms with E-state index in [9.17, 15) is 9.90 Å². The second-order valence-electron chi connectivity index (χ2n) is 8.78. The van der Waals surface area contributed by atoms with Crippen LogP contribution in [-0.4, -0.2) is 34.9 Å². The van der Waals surface area contributed by atoms with Crippen LogP contribution < -0.4 is 0 Å². The number of carbonyl (C=O) groups excluding carboxylic acids is 1. The van der Waals surface area contributed by atoms with Crippen LogP contribution in [0.15, 0.2) is 54.6 Å². The molecule has 0 spiro atoms. The third kappa shape index (κ3) is 4.30. The maximum atomic E-state index is 12.8. The minimum Gasteiger partial charge on any atom is -0.508 e. The molecule has 0 radical (unpaired) electrons. The van der Waals surface area contributed by atoms with Crippen LogP contribution in [0.2, 0.25) is 0 Å². The second kappa shape index (κ2) is 8.48. The molecule has 1 heterocycles. The summed E-state index contributed by atoms with van der Waals surface area (Å²) in [5.74, 6) is 2.76. The molecule has 2 aromatic rings. The summed E-state index contributed by atoms with van der Waals surface area (Å²) >= 11 is 0. The molecule has 4 rings (SSSR count). The summed E-state index contributed by atoms with van der Waals surface area (Å²) in [7, 11) is 0. The van der Waals surface area contributed by atoms with Gasteiger partial charge in [0.15, 0.2) is 5.78 Å². The molecule has 0 amide bonds. The van der Waals surface area contributed by atoms with Gasteiger partial charge >= 0.3 is 0 Å². The molecule has 0 bridgehead atoms. The average molecular weight is 378 g/mol. The van der Waals surface area contributed by atoms with Crippen LogP contribution in [0.4, 0.5) is 0 Å². The zero-order chi connectivity index (χ0) is 19.5. The Balaban J connectivity index is 1.24. The van der Waals surface area contributed by atoms with Gasteiger partial charge in [-0.2, -0.15) is 0 Å². The topological polar surface area (TPSA) is 40.5 Å². The van der Waals surface area contributed by atoms with Gasteiger partial charge in [-0.25, -0.2) is 0 Å². The molecule has 1 aliphatic heterocycles. The van der Waals surface area contributed by atoms with Crippen molar-refractivity contribution in [2.75, 3.05) is 13.1 Å². The lowest BCUT2D eigenvalue weighted by molar-refractivity contribution is 0.0856. The fourth-order valence-electron chi connectivity index (χ4n) is 5.29. The van der Waals surface area contributed by atoms with E-state index in [0.717, 1.165) is 30.8 Å². The summed E-state index contributed by atoms with van der Waals surface area (Å²) in [6.07, 6.45) is 6.47. The first-order chi connectivity index (χ1) is 13.6. The van der Waals surface area contributed by atoms with Crippen molar-refractivity contribution in [3.8, 4) is 5.75 Å². The van der Waals surface area contributed by atoms with Crippen molar-refractivity contribution in [2.24, 2.45) is 17.8 Å². The van der Waals surface area contributed by atoms with Gasteiger partial charge in [0.2, 0.25) is 0 Å². The molecule has 1 saturated carbocycles. The molecule has 1 aliphatic carbocycles. The molecule has 3 nitrogen and oxygen atoms in total. The first-order valence-electron chi connectivity index (χ1n) is 10.7. The van der Waals surface area contributed by atoms with Crippen LogP contribution in [0.25, 0.3) is 0 Å². The third-order valence-corrected chi connectivity index (χ3v) is 6.88. The molecule has 4 atom stereocenters. The van der Waals surface area contributed by atoms with E-state index in [1.807, 2.05) is 6.92 Å². The zero-order valence-corrected chi connectivity index (χ0v) is 16.8. The minimum absolute atomic E-state index is 0.0772. The van der Waals surface area contributed by atoms with Crippen molar-refractivity contribution in [2.45, 2.75) is 45.1 Å². The number of Topliss-reactive ketones (excluding diaryl/α,β-unsaturated/α-hetero) is 1. The van der Waals surface area contributed by atoms with Gasteiger partial charge in [0.1, 0.15) is 5.75 Å². The van der Waals surface area contributed by atoms with Crippen molar-refractivity contribution in [3.05, 3.63) is 65.7 Å². The normalized spacial score (nSPS) is 25.5. The molecule has 1 saturated heterocycles. The number of rotatable bonds is 7. The van der Waals surface area contributed by atoms with Crippen LogP contribution >= 0.6 is 0 Å². The number of ketones is 1. The van der Waals surface area contributed by atoms with E-state index >= 15 is 0 Å². The number of carbonyl (C=O) groups is 1. The maximum Gasteiger partial charge on any atom is 0.179 e. The minimum atomic E-state index is -0.0772. The standard InChI is InChI=1S/C25H31NO2/c1-18(25(28)21-10-12-24(27)13-11-21)26-16-22-14-20(15-23(22)17-26)9-5-8-19-6-3-2-4-7-19/h2-4,6-7,10-13,18,20,22-23,27H,5,8-9,14-17H2,1H3/t18?,20?,22-,23+. The van der Waals surface area contributed by atoms with Gasteiger partial charge in [-0.05, 0) is 80.2 Å². The number of nitrogens with zero attached hydrogens (tertiary/aromatic N) is 1. The number of aryl methyl sites for hydroxylation is 1. The fourth-order valence-corrected chi connectivity index (χ4v) is 5.29. The van der Waals surface area contributed by atoms with Gasteiger partial charge in [0.25, 0.3) is 0 Å². The molecule has 2 fully saturated rings. The first kappa shape index (κ1) is 19.2. The summed E-state index contributed by atoms with van der Waals surface area (Å²) in [6, 6.07) is 17.4. The van der Waals surface area contributed by atoms with Gasteiger partial charge in [-0.3, -0.25) is 9.69 Å². The van der Waals surface area contributed by atoms with Crippen molar-refractivity contribution >= 4 is 5.78 Å². The van der Waals surface area contributed by atoms with E-state index in [4.69, 9.17) is 0 Å². The van der Waals surface area contributed by atoms with E-state index in [0.29, 0.717) is 5.56 Å². The Morgan fingerprint density at radius 3 is 2.32 bits per heavy atom. The monoisotopic (exact) mass is 377 g/mol. The van der Waals surface area contributed by atoms with Crippen LogP contribution in [0, 0.1) is 17.8 Å². The highest BCUT2D eigenvalue weighted by Crippen LogP contribution is 2.44. The van der Waals surface area contributed by atoms with E-state index in [1.165, 1.54) is 37.7 Å². The number of likely N-dealkylation sites (tertiary alicyclic amines) is 1. The summed E-state index contributed by atoms with van der Waals surface area (Å²) in [6.45, 7) is 4.16. The molecule has 2 aromatic carbocycles. The number of aromatic hydroxyl groups is 1. The molecule has 28 heavy (non-hydrogen) atoms. The van der Waals surface area contributed by atoms with Gasteiger partial charge in [0, 0.05) is 18.7 Å². The highest BCUT2D eigenvalue weighted by molar-refractivity contribution is 5.99. The van der Waals surface area contributed by atoms with Crippen molar-refractivity contribution in [3.63, 3.8) is 0 Å². The Morgan fingerprint density at radius 1 is 1.04 bits per heavy atom. The van der Waals surface area contributed by atoms with Gasteiger partial charge in [-0.1, -0.05) is 36.8 Å². The molecule has 2 aliphatic rings. The van der Waals surface area contributed by atoms with E-state index in [-0.39, 0.29) is 17.6 Å². The fraction of sp³-hybridized carbons (Fsp3) is 0.480. The van der Waals surface area contributed by atoms with Crippen LogP contribution in [-0.2, 0) is 6.42 Å². The van der Waals surface area contributed by atoms with Gasteiger partial charge < -0.3 is 5.11 Å². The molecule has 0 aromatic heterocycles. The quantitative estimate of drug-likeness (QED) is 0.695. The Bertz CT molecular complexity index is 772. The van der Waals surface area contributed by atoms with Crippen LogP contribution in [0.3, 0.4) is 0 Å². The summed E-state index contributed by atoms with van der Waals surface area (Å²) in [4.78, 5) is 15.2. The highest BCUT2D eigenvalue weighted by atomic mass is 16.3. The lowest BCUT2D eigenvalue weighted by Crippen LogP contribution is -2.38. The number of hydrogen-bond acceptors (Lipinski definition) is 3. The lowest BCUT2D eigenvalue weighted by atomic mass is 9.96. The van der Waals surface area contributed by atoms with Crippen molar-refractivity contribution in [1.29, 1.82) is 0 Å². The van der Waals surface area contributed by atoms with E-state index in [2.05, 4.69) is 35.2 Å². The zero-order valence-electron chi connectivity index (χ0n) is 16.8. The molecular formula is C25H31NO2. The van der Waals surface area contributed by atoms with Crippen LogP contribution in [0.1, 0.15) is 48.5 Å². The van der Waals surface area contributed by atoms with E-state index < -0.39 is 0 Å². The smallest absolute Gasteiger partial charge is 0.179 e. The average Bonchev–Trinajstić information content (AvgIpc) is 3.27. The van der Waals surface area contributed by atoms with Crippen LogP contribution in [0.5, 0.6) is 5.75 Å². The largest absolute Gasteiger partial charge is 0.508 e. The Labute approximate surface area is 168 Å². The van der Waals surface area contributed by atoms with Crippen molar-refractivity contribution in [1.82, 2.24) is 4.90 Å². The number of fused-ring (bicyclic) bond motifs is 1. The SMILES string of the molecule is CC(C(=O)c1ccc(O)cc1)N1C[C@H]2CC(CCCc3ccccc3)C[C@H]2C1. The predicted octanol–water partition coefficient (Wildman–Crippen LogP) is 4.94. The number of phenols is 1. The predicted molar refractivity (Wildman–Crippen MR) is 113 cm³/mol. The Morgan fingerprint density at radius 2 is 1.68 bits per heavy atom. The molecule has 2 unspecified atom stereocenters. The summed E-state index contributed by atoms with van der Waals surface area (Å²) in [5.41, 5.74) is 2.15. The van der Waals surface area contributed by atoms with Gasteiger partial charge in [0.05, 0.1) is 6.04 Å². The molecule has 1 N–H and O–H groups in total. The lowest BCUT2D eigenvalue weighted by Gasteiger charge is -2.25. The second-order valence-corrected chi connectivity index (χ2v) is 8.78. The van der Waals surface area contributed by atoms with Crippen molar-refractivity contribution < 1.29 is 9.90 Å². The van der Waals surface area contributed by atoms with E-state index in [1.54, 1.807) is 24.3 Å². The number of phenolic OH excluding ortho intramolecular Hbond substituents is 1. The number of benzene rings is 2. The highest BCUT2D eigenvalue weighted by Gasteiger charge is 2.42. The van der Waals surface area contributed by atoms with Gasteiger partial charge in [-0.15, -0.1) is 0 Å².